The van der Waals surface area contributed by atoms with E-state index in [1.165, 1.54) is 44.9 Å². The number of unbranched alkanes of at least 4 members (excludes halogenated alkanes) is 7. The van der Waals surface area contributed by atoms with Crippen LogP contribution in [0.25, 0.3) is 0 Å². The summed E-state index contributed by atoms with van der Waals surface area (Å²) in [5.74, 6) is 0. The predicted octanol–water partition coefficient (Wildman–Crippen LogP) is 3.50. The van der Waals surface area contributed by atoms with Crippen LogP contribution in [-0.4, -0.2) is 37.0 Å². The lowest BCUT2D eigenvalue weighted by molar-refractivity contribution is 0.0346. The van der Waals surface area contributed by atoms with Crippen molar-refractivity contribution in [1.29, 1.82) is 0 Å². The van der Waals surface area contributed by atoms with Crippen LogP contribution >= 0.6 is 0 Å². The molecule has 2 N–H and O–H groups in total. The Balaban J connectivity index is 3.09. The second-order valence-electron chi connectivity index (χ2n) is 5.77. The zero-order valence-electron chi connectivity index (χ0n) is 13.3. The molecule has 0 heterocycles. The molecule has 0 aliphatic rings. The van der Waals surface area contributed by atoms with Gasteiger partial charge in [0.1, 0.15) is 0 Å². The van der Waals surface area contributed by atoms with Crippen molar-refractivity contribution >= 4 is 0 Å². The van der Waals surface area contributed by atoms with Crippen molar-refractivity contribution in [3.8, 4) is 0 Å². The summed E-state index contributed by atoms with van der Waals surface area (Å²) < 4.78 is 5.48. The van der Waals surface area contributed by atoms with Gasteiger partial charge >= 0.3 is 0 Å². The number of nitrogens with one attached hydrogen (secondary N) is 1. The van der Waals surface area contributed by atoms with Gasteiger partial charge in [-0.1, -0.05) is 65.7 Å². The maximum Gasteiger partial charge on any atom is 0.0897 e. The molecule has 19 heavy (non-hydrogen) atoms. The van der Waals surface area contributed by atoms with Crippen LogP contribution in [0.2, 0.25) is 0 Å². The van der Waals surface area contributed by atoms with Gasteiger partial charge in [-0.25, -0.2) is 0 Å². The number of ether oxygens (including phenoxy) is 1. The van der Waals surface area contributed by atoms with Crippen LogP contribution in [-0.2, 0) is 4.74 Å². The molecule has 0 aromatic rings. The average molecular weight is 273 g/mol. The van der Waals surface area contributed by atoms with Crippen LogP contribution in [0.3, 0.4) is 0 Å². The molecule has 0 bridgehead atoms. The molecule has 0 saturated heterocycles. The van der Waals surface area contributed by atoms with Gasteiger partial charge < -0.3 is 15.2 Å². The quantitative estimate of drug-likeness (QED) is 0.476. The molecule has 0 aliphatic heterocycles. The van der Waals surface area contributed by atoms with Gasteiger partial charge in [0.15, 0.2) is 0 Å². The highest BCUT2D eigenvalue weighted by molar-refractivity contribution is 4.60. The van der Waals surface area contributed by atoms with Gasteiger partial charge in [0.05, 0.1) is 12.7 Å². The number of aliphatic hydroxyl groups is 1. The third kappa shape index (κ3) is 15.8. The Labute approximate surface area is 120 Å². The molecule has 1 unspecified atom stereocenters. The highest BCUT2D eigenvalue weighted by atomic mass is 16.5. The Morgan fingerprint density at radius 3 is 2.11 bits per heavy atom. The van der Waals surface area contributed by atoms with Crippen molar-refractivity contribution in [2.75, 3.05) is 19.8 Å². The van der Waals surface area contributed by atoms with E-state index >= 15 is 0 Å². The van der Waals surface area contributed by atoms with Gasteiger partial charge in [-0.15, -0.1) is 0 Å². The number of rotatable bonds is 14. The lowest BCUT2D eigenvalue weighted by atomic mass is 10.1. The number of hydrogen-bond donors (Lipinski definition) is 2. The van der Waals surface area contributed by atoms with E-state index in [1.807, 2.05) is 0 Å². The van der Waals surface area contributed by atoms with Crippen molar-refractivity contribution in [3.63, 3.8) is 0 Å². The van der Waals surface area contributed by atoms with Gasteiger partial charge in [0.2, 0.25) is 0 Å². The van der Waals surface area contributed by atoms with Crippen LogP contribution < -0.4 is 5.32 Å². The molecule has 0 aromatic carbocycles. The summed E-state index contributed by atoms with van der Waals surface area (Å²) in [4.78, 5) is 0. The van der Waals surface area contributed by atoms with E-state index in [9.17, 15) is 5.11 Å². The van der Waals surface area contributed by atoms with Gasteiger partial charge in [-0.3, -0.25) is 0 Å². The summed E-state index contributed by atoms with van der Waals surface area (Å²) in [6.07, 6.45) is 10.2. The third-order valence-electron chi connectivity index (χ3n) is 3.21. The second kappa shape index (κ2) is 14.3. The van der Waals surface area contributed by atoms with E-state index in [0.717, 1.165) is 13.0 Å². The maximum atomic E-state index is 9.63. The molecule has 1 atom stereocenters. The minimum Gasteiger partial charge on any atom is -0.389 e. The van der Waals surface area contributed by atoms with E-state index in [-0.39, 0.29) is 6.10 Å². The second-order valence-corrected chi connectivity index (χ2v) is 5.77. The van der Waals surface area contributed by atoms with Crippen molar-refractivity contribution in [2.24, 2.45) is 0 Å². The Kier molecular flexibility index (Phi) is 14.2. The molecule has 0 fully saturated rings. The van der Waals surface area contributed by atoms with Crippen LogP contribution in [0.1, 0.15) is 72.1 Å². The van der Waals surface area contributed by atoms with Crippen LogP contribution in [0, 0.1) is 0 Å². The van der Waals surface area contributed by atoms with E-state index in [2.05, 4.69) is 26.1 Å². The first-order valence-corrected chi connectivity index (χ1v) is 8.16. The molecule has 3 nitrogen and oxygen atoms in total. The van der Waals surface area contributed by atoms with E-state index in [1.54, 1.807) is 0 Å². The fraction of sp³-hybridized carbons (Fsp3) is 1.00. The highest BCUT2D eigenvalue weighted by Gasteiger charge is 2.04. The Hall–Kier alpha value is -0.120. The molecule has 3 heteroatoms. The van der Waals surface area contributed by atoms with Crippen molar-refractivity contribution in [3.05, 3.63) is 0 Å². The average Bonchev–Trinajstić information content (AvgIpc) is 2.38. The zero-order chi connectivity index (χ0) is 14.3. The monoisotopic (exact) mass is 273 g/mol. The first-order chi connectivity index (χ1) is 9.16. The predicted molar refractivity (Wildman–Crippen MR) is 82.6 cm³/mol. The summed E-state index contributed by atoms with van der Waals surface area (Å²) in [6, 6.07) is 0.419. The fourth-order valence-electron chi connectivity index (χ4n) is 1.99. The minimum atomic E-state index is -0.378. The number of hydrogen-bond acceptors (Lipinski definition) is 3. The van der Waals surface area contributed by atoms with Crippen molar-refractivity contribution < 1.29 is 9.84 Å². The summed E-state index contributed by atoms with van der Waals surface area (Å²) in [6.45, 7) is 8.27. The SMILES string of the molecule is CCCCCCCCCCOCC(O)CNC(C)C. The largest absolute Gasteiger partial charge is 0.389 e. The summed E-state index contributed by atoms with van der Waals surface area (Å²) in [5, 5.41) is 12.8. The smallest absolute Gasteiger partial charge is 0.0897 e. The van der Waals surface area contributed by atoms with Crippen molar-refractivity contribution in [1.82, 2.24) is 5.32 Å². The molecule has 0 radical (unpaired) electrons. The van der Waals surface area contributed by atoms with Crippen LogP contribution in [0.5, 0.6) is 0 Å². The highest BCUT2D eigenvalue weighted by Crippen LogP contribution is 2.08. The van der Waals surface area contributed by atoms with E-state index in [0.29, 0.717) is 19.2 Å². The zero-order valence-corrected chi connectivity index (χ0v) is 13.3. The lowest BCUT2D eigenvalue weighted by Crippen LogP contribution is -2.34. The van der Waals surface area contributed by atoms with E-state index < -0.39 is 0 Å². The summed E-state index contributed by atoms with van der Waals surface area (Å²) in [7, 11) is 0. The normalized spacial score (nSPS) is 13.1. The molecule has 0 aromatic heterocycles. The van der Waals surface area contributed by atoms with Crippen molar-refractivity contribution in [2.45, 2.75) is 84.3 Å². The Morgan fingerprint density at radius 1 is 0.947 bits per heavy atom. The molecule has 0 spiro atoms. The summed E-state index contributed by atoms with van der Waals surface area (Å²) >= 11 is 0. The Bertz CT molecular complexity index is 174. The minimum absolute atomic E-state index is 0.378. The molecular formula is C16H35NO2. The number of aliphatic hydroxyl groups excluding tert-OH is 1. The van der Waals surface area contributed by atoms with Gasteiger partial charge in [0.25, 0.3) is 0 Å². The molecule has 0 aliphatic carbocycles. The van der Waals surface area contributed by atoms with Gasteiger partial charge in [-0.2, -0.15) is 0 Å². The molecule has 0 saturated carbocycles. The molecule has 0 amide bonds. The standard InChI is InChI=1S/C16H35NO2/c1-4-5-6-7-8-9-10-11-12-19-14-16(18)13-17-15(2)3/h15-18H,4-14H2,1-3H3. The molecule has 116 valence electrons. The lowest BCUT2D eigenvalue weighted by Gasteiger charge is -2.14. The van der Waals surface area contributed by atoms with Crippen LogP contribution in [0.15, 0.2) is 0 Å². The fourth-order valence-corrected chi connectivity index (χ4v) is 1.99. The van der Waals surface area contributed by atoms with Gasteiger partial charge in [-0.05, 0) is 6.42 Å². The molecule has 0 rings (SSSR count). The first kappa shape index (κ1) is 18.9. The first-order valence-electron chi connectivity index (χ1n) is 8.16. The van der Waals surface area contributed by atoms with Gasteiger partial charge in [0, 0.05) is 19.2 Å². The van der Waals surface area contributed by atoms with E-state index in [4.69, 9.17) is 4.74 Å². The topological polar surface area (TPSA) is 41.5 Å². The van der Waals surface area contributed by atoms with Crippen LogP contribution in [0.4, 0.5) is 0 Å². The summed E-state index contributed by atoms with van der Waals surface area (Å²) in [5.41, 5.74) is 0. The Morgan fingerprint density at radius 2 is 1.53 bits per heavy atom. The molecular weight excluding hydrogens is 238 g/mol. The third-order valence-corrected chi connectivity index (χ3v) is 3.21. The maximum absolute atomic E-state index is 9.63.